The highest BCUT2D eigenvalue weighted by Crippen LogP contribution is 2.31. The van der Waals surface area contributed by atoms with Gasteiger partial charge in [0.25, 0.3) is 0 Å². The molecule has 0 amide bonds. The standard InChI is InChI=1S/C22H20ClN3O2S/c1-27-20-9-5-6-17(21(20)28-15-16-10-12-18(23)13-11-16)14-24-26-22(29)25-19-7-3-2-4-8-19/h2-14H,15H2,1H3,(H2,25,26,29)/b24-14-. The van der Waals surface area contributed by atoms with E-state index in [1.807, 2.05) is 72.8 Å². The Morgan fingerprint density at radius 1 is 1.03 bits per heavy atom. The van der Waals surface area contributed by atoms with Crippen molar-refractivity contribution in [1.29, 1.82) is 0 Å². The van der Waals surface area contributed by atoms with E-state index in [-0.39, 0.29) is 0 Å². The molecule has 0 atom stereocenters. The molecule has 0 spiro atoms. The summed E-state index contributed by atoms with van der Waals surface area (Å²) in [6, 6.07) is 22.7. The number of nitrogens with one attached hydrogen (secondary N) is 2. The molecule has 0 fully saturated rings. The van der Waals surface area contributed by atoms with Gasteiger partial charge in [-0.3, -0.25) is 5.43 Å². The molecule has 0 saturated carbocycles. The van der Waals surface area contributed by atoms with E-state index in [1.165, 1.54) is 0 Å². The SMILES string of the molecule is COc1cccc(/C=N\NC(=S)Nc2ccccc2)c1OCc1ccc(Cl)cc1. The molecule has 0 bridgehead atoms. The van der Waals surface area contributed by atoms with Crippen LogP contribution in [-0.4, -0.2) is 18.4 Å². The summed E-state index contributed by atoms with van der Waals surface area (Å²) in [5.41, 5.74) is 5.44. The summed E-state index contributed by atoms with van der Waals surface area (Å²) in [4.78, 5) is 0. The van der Waals surface area contributed by atoms with Gasteiger partial charge < -0.3 is 14.8 Å². The van der Waals surface area contributed by atoms with Crippen LogP contribution >= 0.6 is 23.8 Å². The van der Waals surface area contributed by atoms with Gasteiger partial charge in [-0.05, 0) is 54.2 Å². The lowest BCUT2D eigenvalue weighted by Gasteiger charge is -2.13. The second-order valence-electron chi connectivity index (χ2n) is 5.98. The second-order valence-corrected chi connectivity index (χ2v) is 6.83. The van der Waals surface area contributed by atoms with Crippen LogP contribution < -0.4 is 20.2 Å². The number of hydrazone groups is 1. The molecule has 0 aromatic heterocycles. The third-order valence-corrected chi connectivity index (χ3v) is 4.37. The van der Waals surface area contributed by atoms with Crippen molar-refractivity contribution in [3.63, 3.8) is 0 Å². The molecule has 29 heavy (non-hydrogen) atoms. The van der Waals surface area contributed by atoms with Crippen molar-refractivity contribution in [2.45, 2.75) is 6.61 Å². The Labute approximate surface area is 180 Å². The number of thiocarbonyl (C=S) groups is 1. The summed E-state index contributed by atoms with van der Waals surface area (Å²) in [7, 11) is 1.60. The molecule has 0 heterocycles. The molecule has 0 aliphatic carbocycles. The van der Waals surface area contributed by atoms with E-state index < -0.39 is 0 Å². The number of ether oxygens (including phenoxy) is 2. The van der Waals surface area contributed by atoms with E-state index >= 15 is 0 Å². The van der Waals surface area contributed by atoms with Gasteiger partial charge in [-0.1, -0.05) is 48.0 Å². The minimum atomic E-state index is 0.375. The first-order valence-corrected chi connectivity index (χ1v) is 9.63. The van der Waals surface area contributed by atoms with Crippen LogP contribution in [0, 0.1) is 0 Å². The van der Waals surface area contributed by atoms with Crippen molar-refractivity contribution in [2.24, 2.45) is 5.10 Å². The Balaban J connectivity index is 1.67. The normalized spacial score (nSPS) is 10.6. The zero-order valence-corrected chi connectivity index (χ0v) is 17.3. The van der Waals surface area contributed by atoms with Crippen molar-refractivity contribution >= 4 is 40.8 Å². The van der Waals surface area contributed by atoms with Gasteiger partial charge in [-0.2, -0.15) is 5.10 Å². The molecule has 0 radical (unpaired) electrons. The zero-order chi connectivity index (χ0) is 20.5. The first kappa shape index (κ1) is 20.6. The van der Waals surface area contributed by atoms with Gasteiger partial charge in [-0.25, -0.2) is 0 Å². The first-order valence-electron chi connectivity index (χ1n) is 8.85. The fraction of sp³-hybridized carbons (Fsp3) is 0.0909. The number of para-hydroxylation sites is 2. The zero-order valence-electron chi connectivity index (χ0n) is 15.8. The maximum Gasteiger partial charge on any atom is 0.191 e. The monoisotopic (exact) mass is 425 g/mol. The quantitative estimate of drug-likeness (QED) is 0.307. The molecule has 3 aromatic rings. The van der Waals surface area contributed by atoms with Gasteiger partial charge in [0, 0.05) is 16.3 Å². The number of anilines is 1. The van der Waals surface area contributed by atoms with Gasteiger partial charge in [0.05, 0.1) is 13.3 Å². The number of hydrogen-bond donors (Lipinski definition) is 2. The van der Waals surface area contributed by atoms with Crippen molar-refractivity contribution in [3.05, 3.63) is 88.9 Å². The molecule has 0 unspecified atom stereocenters. The Morgan fingerprint density at radius 3 is 2.52 bits per heavy atom. The van der Waals surface area contributed by atoms with E-state index in [4.69, 9.17) is 33.3 Å². The lowest BCUT2D eigenvalue weighted by Crippen LogP contribution is -2.23. The van der Waals surface area contributed by atoms with Crippen LogP contribution in [0.5, 0.6) is 11.5 Å². The highest BCUT2D eigenvalue weighted by Gasteiger charge is 2.10. The van der Waals surface area contributed by atoms with Crippen LogP contribution in [0.2, 0.25) is 5.02 Å². The van der Waals surface area contributed by atoms with Crippen LogP contribution in [0.3, 0.4) is 0 Å². The summed E-state index contributed by atoms with van der Waals surface area (Å²) in [5, 5.41) is 8.34. The molecule has 3 aromatic carbocycles. The summed E-state index contributed by atoms with van der Waals surface area (Å²) in [6.45, 7) is 0.375. The summed E-state index contributed by atoms with van der Waals surface area (Å²) >= 11 is 11.2. The van der Waals surface area contributed by atoms with Crippen molar-refractivity contribution in [2.75, 3.05) is 12.4 Å². The van der Waals surface area contributed by atoms with Crippen molar-refractivity contribution < 1.29 is 9.47 Å². The van der Waals surface area contributed by atoms with Gasteiger partial charge in [0.1, 0.15) is 6.61 Å². The molecule has 2 N–H and O–H groups in total. The lowest BCUT2D eigenvalue weighted by atomic mass is 10.2. The smallest absolute Gasteiger partial charge is 0.191 e. The molecule has 7 heteroatoms. The predicted molar refractivity (Wildman–Crippen MR) is 122 cm³/mol. The van der Waals surface area contributed by atoms with Crippen LogP contribution in [-0.2, 0) is 6.61 Å². The van der Waals surface area contributed by atoms with E-state index in [0.29, 0.717) is 28.2 Å². The molecule has 3 rings (SSSR count). The highest BCUT2D eigenvalue weighted by atomic mass is 35.5. The van der Waals surface area contributed by atoms with Crippen LogP contribution in [0.15, 0.2) is 77.9 Å². The van der Waals surface area contributed by atoms with Gasteiger partial charge in [-0.15, -0.1) is 0 Å². The summed E-state index contributed by atoms with van der Waals surface area (Å²) in [5.74, 6) is 1.21. The van der Waals surface area contributed by atoms with E-state index in [2.05, 4.69) is 15.8 Å². The molecule has 148 valence electrons. The number of methoxy groups -OCH3 is 1. The Hall–Kier alpha value is -3.09. The number of benzene rings is 3. The third-order valence-electron chi connectivity index (χ3n) is 3.93. The van der Waals surface area contributed by atoms with E-state index in [9.17, 15) is 0 Å². The Bertz CT molecular complexity index is 979. The first-order chi connectivity index (χ1) is 14.2. The number of halogens is 1. The summed E-state index contributed by atoms with van der Waals surface area (Å²) in [6.07, 6.45) is 1.64. The highest BCUT2D eigenvalue weighted by molar-refractivity contribution is 7.80. The van der Waals surface area contributed by atoms with Gasteiger partial charge in [0.2, 0.25) is 0 Å². The topological polar surface area (TPSA) is 54.9 Å². The Kier molecular flexibility index (Phi) is 7.44. The lowest BCUT2D eigenvalue weighted by molar-refractivity contribution is 0.284. The maximum atomic E-state index is 6.00. The molecule has 0 aliphatic heterocycles. The fourth-order valence-corrected chi connectivity index (χ4v) is 2.82. The molecule has 5 nitrogen and oxygen atoms in total. The van der Waals surface area contributed by atoms with E-state index in [0.717, 1.165) is 16.8 Å². The average Bonchev–Trinajstić information content (AvgIpc) is 2.74. The van der Waals surface area contributed by atoms with Crippen LogP contribution in [0.25, 0.3) is 0 Å². The number of rotatable bonds is 7. The van der Waals surface area contributed by atoms with Gasteiger partial charge in [0.15, 0.2) is 16.6 Å². The maximum absolute atomic E-state index is 6.00. The summed E-state index contributed by atoms with van der Waals surface area (Å²) < 4.78 is 11.4. The third kappa shape index (κ3) is 6.20. The second kappa shape index (κ2) is 10.5. The fourth-order valence-electron chi connectivity index (χ4n) is 2.53. The molecule has 0 aliphatic rings. The Morgan fingerprint density at radius 2 is 1.79 bits per heavy atom. The van der Waals surface area contributed by atoms with Gasteiger partial charge >= 0.3 is 0 Å². The molecular formula is C22H20ClN3O2S. The van der Waals surface area contributed by atoms with E-state index in [1.54, 1.807) is 13.3 Å². The predicted octanol–water partition coefficient (Wildman–Crippen LogP) is 5.25. The largest absolute Gasteiger partial charge is 0.493 e. The van der Waals surface area contributed by atoms with Crippen molar-refractivity contribution in [3.8, 4) is 11.5 Å². The minimum Gasteiger partial charge on any atom is -0.493 e. The minimum absolute atomic E-state index is 0.375. The number of nitrogens with zero attached hydrogens (tertiary/aromatic N) is 1. The average molecular weight is 426 g/mol. The number of hydrogen-bond acceptors (Lipinski definition) is 4. The van der Waals surface area contributed by atoms with Crippen LogP contribution in [0.4, 0.5) is 5.69 Å². The molecule has 0 saturated heterocycles. The molecular weight excluding hydrogens is 406 g/mol. The van der Waals surface area contributed by atoms with Crippen molar-refractivity contribution in [1.82, 2.24) is 5.43 Å². The van der Waals surface area contributed by atoms with Crippen LogP contribution in [0.1, 0.15) is 11.1 Å².